The molecule has 0 bridgehead atoms. The topological polar surface area (TPSA) is 53.6 Å². The van der Waals surface area contributed by atoms with Crippen LogP contribution in [-0.4, -0.2) is 42.6 Å². The zero-order valence-corrected chi connectivity index (χ0v) is 9.58. The molecule has 2 atom stereocenters. The minimum absolute atomic E-state index is 0.541. The first-order valence-electron chi connectivity index (χ1n) is 6.10. The van der Waals surface area contributed by atoms with Gasteiger partial charge in [0.2, 0.25) is 0 Å². The molecule has 0 spiro atoms. The number of piperidine rings is 1. The van der Waals surface area contributed by atoms with Gasteiger partial charge in [0, 0.05) is 25.2 Å². The fourth-order valence-electron chi connectivity index (χ4n) is 2.78. The highest BCUT2D eigenvalue weighted by molar-refractivity contribution is 5.78. The van der Waals surface area contributed by atoms with Crippen molar-refractivity contribution < 1.29 is 0 Å². The Bertz CT molecular complexity index is 239. The van der Waals surface area contributed by atoms with E-state index in [0.29, 0.717) is 12.0 Å². The monoisotopic (exact) mass is 210 g/mol. The summed E-state index contributed by atoms with van der Waals surface area (Å²) in [6.45, 7) is 5.30. The molecule has 3 N–H and O–H groups in total. The smallest absolute Gasteiger partial charge is 0.188 e. The molecule has 2 unspecified atom stereocenters. The summed E-state index contributed by atoms with van der Waals surface area (Å²) >= 11 is 0. The predicted molar refractivity (Wildman–Crippen MR) is 62.9 cm³/mol. The maximum Gasteiger partial charge on any atom is 0.188 e. The first-order valence-corrected chi connectivity index (χ1v) is 6.10. The Labute approximate surface area is 91.9 Å². The molecule has 0 aromatic rings. The van der Waals surface area contributed by atoms with E-state index in [1.54, 1.807) is 0 Å². The largest absolute Gasteiger partial charge is 0.370 e. The third kappa shape index (κ3) is 2.62. The second kappa shape index (κ2) is 4.84. The van der Waals surface area contributed by atoms with Crippen molar-refractivity contribution >= 4 is 5.96 Å². The maximum atomic E-state index is 5.78. The van der Waals surface area contributed by atoms with Crippen LogP contribution in [0.1, 0.15) is 32.6 Å². The summed E-state index contributed by atoms with van der Waals surface area (Å²) in [5, 5.41) is 3.33. The van der Waals surface area contributed by atoms with E-state index in [1.807, 2.05) is 6.92 Å². The van der Waals surface area contributed by atoms with Gasteiger partial charge in [0.25, 0.3) is 0 Å². The van der Waals surface area contributed by atoms with Gasteiger partial charge in [0.15, 0.2) is 5.96 Å². The number of nitrogens with one attached hydrogen (secondary N) is 1. The fraction of sp³-hybridized carbons (Fsp3) is 0.909. The molecule has 0 saturated carbocycles. The predicted octanol–water partition coefficient (Wildman–Crippen LogP) is 0.537. The molecule has 4 heteroatoms. The molecule has 0 radical (unpaired) electrons. The van der Waals surface area contributed by atoms with Crippen molar-refractivity contribution in [1.82, 2.24) is 10.2 Å². The SMILES string of the molecule is CCN=C(N)NC1CCN2CCCC2C1. The molecule has 0 aromatic heterocycles. The first kappa shape index (κ1) is 10.7. The van der Waals surface area contributed by atoms with Crippen LogP contribution in [0.3, 0.4) is 0 Å². The van der Waals surface area contributed by atoms with Crippen LogP contribution in [0, 0.1) is 0 Å². The molecule has 2 rings (SSSR count). The van der Waals surface area contributed by atoms with Crippen LogP contribution in [0.25, 0.3) is 0 Å². The lowest BCUT2D eigenvalue weighted by atomic mass is 9.98. The van der Waals surface area contributed by atoms with Crippen molar-refractivity contribution in [2.75, 3.05) is 19.6 Å². The van der Waals surface area contributed by atoms with Gasteiger partial charge in [-0.25, -0.2) is 0 Å². The van der Waals surface area contributed by atoms with Crippen LogP contribution in [0.15, 0.2) is 4.99 Å². The van der Waals surface area contributed by atoms with Crippen molar-refractivity contribution in [3.63, 3.8) is 0 Å². The maximum absolute atomic E-state index is 5.78. The van der Waals surface area contributed by atoms with Crippen LogP contribution in [0.4, 0.5) is 0 Å². The van der Waals surface area contributed by atoms with Gasteiger partial charge < -0.3 is 16.0 Å². The number of fused-ring (bicyclic) bond motifs is 1. The van der Waals surface area contributed by atoms with Gasteiger partial charge in [-0.2, -0.15) is 0 Å². The Morgan fingerprint density at radius 3 is 3.13 bits per heavy atom. The van der Waals surface area contributed by atoms with Crippen molar-refractivity contribution in [3.8, 4) is 0 Å². The van der Waals surface area contributed by atoms with Crippen LogP contribution in [-0.2, 0) is 0 Å². The lowest BCUT2D eigenvalue weighted by molar-refractivity contribution is 0.175. The van der Waals surface area contributed by atoms with E-state index in [9.17, 15) is 0 Å². The van der Waals surface area contributed by atoms with Gasteiger partial charge in [0.1, 0.15) is 0 Å². The number of aliphatic imine (C=N–C) groups is 1. The van der Waals surface area contributed by atoms with Gasteiger partial charge in [0.05, 0.1) is 0 Å². The Balaban J connectivity index is 1.82. The molecule has 86 valence electrons. The standard InChI is InChI=1S/C11H22N4/c1-2-13-11(12)14-9-5-7-15-6-3-4-10(15)8-9/h9-10H,2-8H2,1H3,(H3,12,13,14). The number of guanidine groups is 1. The first-order chi connectivity index (χ1) is 7.29. The summed E-state index contributed by atoms with van der Waals surface area (Å²) in [6, 6.07) is 1.34. The van der Waals surface area contributed by atoms with E-state index in [2.05, 4.69) is 15.2 Å². The minimum Gasteiger partial charge on any atom is -0.370 e. The van der Waals surface area contributed by atoms with Gasteiger partial charge in [-0.05, 0) is 39.2 Å². The van der Waals surface area contributed by atoms with Crippen molar-refractivity contribution in [3.05, 3.63) is 0 Å². The Hall–Kier alpha value is -0.770. The molecule has 0 amide bonds. The Morgan fingerprint density at radius 1 is 1.47 bits per heavy atom. The molecule has 2 aliphatic heterocycles. The minimum atomic E-state index is 0.541. The molecular formula is C11H22N4. The molecule has 0 aromatic carbocycles. The molecule has 2 aliphatic rings. The summed E-state index contributed by atoms with van der Waals surface area (Å²) in [7, 11) is 0. The number of nitrogens with zero attached hydrogens (tertiary/aromatic N) is 2. The summed E-state index contributed by atoms with van der Waals surface area (Å²) in [6.07, 6.45) is 5.18. The molecular weight excluding hydrogens is 188 g/mol. The third-order valence-corrected chi connectivity index (χ3v) is 3.50. The van der Waals surface area contributed by atoms with Crippen molar-refractivity contribution in [2.45, 2.75) is 44.7 Å². The molecule has 0 aliphatic carbocycles. The lowest BCUT2D eigenvalue weighted by Crippen LogP contribution is -2.49. The summed E-state index contributed by atoms with van der Waals surface area (Å²) < 4.78 is 0. The zero-order valence-electron chi connectivity index (χ0n) is 9.58. The second-order valence-electron chi connectivity index (χ2n) is 4.56. The Morgan fingerprint density at radius 2 is 2.33 bits per heavy atom. The molecule has 2 heterocycles. The lowest BCUT2D eigenvalue weighted by Gasteiger charge is -2.35. The zero-order chi connectivity index (χ0) is 10.7. The fourth-order valence-corrected chi connectivity index (χ4v) is 2.78. The molecule has 2 saturated heterocycles. The third-order valence-electron chi connectivity index (χ3n) is 3.50. The average molecular weight is 210 g/mol. The van der Waals surface area contributed by atoms with E-state index in [0.717, 1.165) is 12.6 Å². The number of hydrogen-bond acceptors (Lipinski definition) is 2. The second-order valence-corrected chi connectivity index (χ2v) is 4.56. The van der Waals surface area contributed by atoms with Crippen LogP contribution >= 0.6 is 0 Å². The van der Waals surface area contributed by atoms with Crippen molar-refractivity contribution in [1.29, 1.82) is 0 Å². The molecule has 2 fully saturated rings. The van der Waals surface area contributed by atoms with Gasteiger partial charge in [-0.3, -0.25) is 4.99 Å². The van der Waals surface area contributed by atoms with Gasteiger partial charge in [-0.1, -0.05) is 0 Å². The van der Waals surface area contributed by atoms with Gasteiger partial charge in [-0.15, -0.1) is 0 Å². The van der Waals surface area contributed by atoms with Crippen LogP contribution < -0.4 is 11.1 Å². The van der Waals surface area contributed by atoms with Crippen molar-refractivity contribution in [2.24, 2.45) is 10.7 Å². The molecule has 4 nitrogen and oxygen atoms in total. The van der Waals surface area contributed by atoms with Crippen LogP contribution in [0.5, 0.6) is 0 Å². The Kier molecular flexibility index (Phi) is 3.46. The van der Waals surface area contributed by atoms with E-state index >= 15 is 0 Å². The quantitative estimate of drug-likeness (QED) is 0.516. The summed E-state index contributed by atoms with van der Waals surface area (Å²) in [5.74, 6) is 0.619. The highest BCUT2D eigenvalue weighted by atomic mass is 15.2. The highest BCUT2D eigenvalue weighted by Crippen LogP contribution is 2.26. The average Bonchev–Trinajstić information content (AvgIpc) is 2.65. The van der Waals surface area contributed by atoms with Crippen LogP contribution in [0.2, 0.25) is 0 Å². The number of hydrogen-bond donors (Lipinski definition) is 2. The number of rotatable bonds is 2. The summed E-state index contributed by atoms with van der Waals surface area (Å²) in [4.78, 5) is 6.79. The normalized spacial score (nSPS) is 32.7. The number of nitrogens with two attached hydrogens (primary N) is 1. The highest BCUT2D eigenvalue weighted by Gasteiger charge is 2.31. The van der Waals surface area contributed by atoms with Gasteiger partial charge >= 0.3 is 0 Å². The van der Waals surface area contributed by atoms with E-state index in [4.69, 9.17) is 5.73 Å². The molecule has 15 heavy (non-hydrogen) atoms. The summed E-state index contributed by atoms with van der Waals surface area (Å²) in [5.41, 5.74) is 5.78. The van der Waals surface area contributed by atoms with E-state index in [1.165, 1.54) is 38.8 Å². The van der Waals surface area contributed by atoms with E-state index < -0.39 is 0 Å². The van der Waals surface area contributed by atoms with E-state index in [-0.39, 0.29) is 0 Å².